The van der Waals surface area contributed by atoms with Gasteiger partial charge in [-0.15, -0.1) is 0 Å². The third-order valence-corrected chi connectivity index (χ3v) is 5.67. The predicted molar refractivity (Wildman–Crippen MR) is 116 cm³/mol. The van der Waals surface area contributed by atoms with Crippen molar-refractivity contribution in [2.24, 2.45) is 0 Å². The van der Waals surface area contributed by atoms with Crippen LogP contribution in [0.15, 0.2) is 47.0 Å². The lowest BCUT2D eigenvalue weighted by atomic mass is 10.1. The Morgan fingerprint density at radius 1 is 1.23 bits per heavy atom. The Bertz CT molecular complexity index is 1030. The van der Waals surface area contributed by atoms with E-state index in [9.17, 15) is 4.79 Å². The fourth-order valence-corrected chi connectivity index (χ4v) is 3.60. The van der Waals surface area contributed by atoms with Gasteiger partial charge in [-0.1, -0.05) is 36.2 Å². The van der Waals surface area contributed by atoms with Crippen LogP contribution in [0.4, 0.5) is 5.69 Å². The minimum absolute atomic E-state index is 0.0276. The smallest absolute Gasteiger partial charge is 0.257 e. The highest BCUT2D eigenvalue weighted by Gasteiger charge is 2.34. The summed E-state index contributed by atoms with van der Waals surface area (Å²) in [7, 11) is 0. The van der Waals surface area contributed by atoms with E-state index in [0.717, 1.165) is 35.4 Å². The van der Waals surface area contributed by atoms with Crippen LogP contribution in [-0.2, 0) is 4.79 Å². The van der Waals surface area contributed by atoms with Gasteiger partial charge in [-0.2, -0.15) is 4.98 Å². The van der Waals surface area contributed by atoms with E-state index >= 15 is 0 Å². The molecule has 0 bridgehead atoms. The molecule has 3 aromatic rings. The number of aromatic nitrogens is 2. The quantitative estimate of drug-likeness (QED) is 0.474. The van der Waals surface area contributed by atoms with Gasteiger partial charge in [-0.05, 0) is 55.3 Å². The molecule has 7 heteroatoms. The standard InChI is InChI=1S/C23H24ClN3O3/c1-3-4-11-29-19-9-6-16(7-10-19)23-25-22(26-30-23)17-12-21(28)27(14-17)18-8-5-15(2)20(24)13-18/h5-10,13,17H,3-4,11-12,14H2,1-2H3. The molecule has 0 radical (unpaired) electrons. The van der Waals surface area contributed by atoms with Crippen LogP contribution in [0.5, 0.6) is 5.75 Å². The Morgan fingerprint density at radius 3 is 2.77 bits per heavy atom. The third-order valence-electron chi connectivity index (χ3n) is 5.27. The second-order valence-electron chi connectivity index (χ2n) is 7.52. The van der Waals surface area contributed by atoms with Gasteiger partial charge in [0.15, 0.2) is 5.82 Å². The summed E-state index contributed by atoms with van der Waals surface area (Å²) >= 11 is 6.22. The summed E-state index contributed by atoms with van der Waals surface area (Å²) in [5.41, 5.74) is 2.59. The second kappa shape index (κ2) is 8.88. The van der Waals surface area contributed by atoms with Crippen molar-refractivity contribution in [2.45, 2.75) is 39.0 Å². The van der Waals surface area contributed by atoms with Crippen molar-refractivity contribution < 1.29 is 14.1 Å². The zero-order valence-corrected chi connectivity index (χ0v) is 17.9. The number of anilines is 1. The van der Waals surface area contributed by atoms with Crippen LogP contribution in [0.1, 0.15) is 43.5 Å². The minimum Gasteiger partial charge on any atom is -0.494 e. The van der Waals surface area contributed by atoms with Crippen molar-refractivity contribution in [1.82, 2.24) is 10.1 Å². The summed E-state index contributed by atoms with van der Waals surface area (Å²) in [6.45, 7) is 5.28. The van der Waals surface area contributed by atoms with E-state index in [1.54, 1.807) is 4.90 Å². The Hall–Kier alpha value is -2.86. The molecule has 1 saturated heterocycles. The van der Waals surface area contributed by atoms with Gasteiger partial charge < -0.3 is 14.2 Å². The van der Waals surface area contributed by atoms with Gasteiger partial charge in [0.05, 0.1) is 6.61 Å². The van der Waals surface area contributed by atoms with Gasteiger partial charge in [0, 0.05) is 35.2 Å². The minimum atomic E-state index is -0.119. The first kappa shape index (κ1) is 20.4. The Balaban J connectivity index is 1.45. The number of hydrogen-bond donors (Lipinski definition) is 0. The number of halogens is 1. The van der Waals surface area contributed by atoms with Crippen molar-refractivity contribution in [3.63, 3.8) is 0 Å². The van der Waals surface area contributed by atoms with E-state index < -0.39 is 0 Å². The maximum Gasteiger partial charge on any atom is 0.257 e. The van der Waals surface area contributed by atoms with Crippen molar-refractivity contribution in [3.8, 4) is 17.2 Å². The van der Waals surface area contributed by atoms with Crippen molar-refractivity contribution in [1.29, 1.82) is 0 Å². The summed E-state index contributed by atoms with van der Waals surface area (Å²) in [5, 5.41) is 4.78. The van der Waals surface area contributed by atoms with Crippen LogP contribution >= 0.6 is 11.6 Å². The fraction of sp³-hybridized carbons (Fsp3) is 0.348. The van der Waals surface area contributed by atoms with E-state index in [4.69, 9.17) is 20.9 Å². The Morgan fingerprint density at radius 2 is 2.03 bits per heavy atom. The highest BCUT2D eigenvalue weighted by Crippen LogP contribution is 2.33. The Labute approximate surface area is 180 Å². The van der Waals surface area contributed by atoms with Gasteiger partial charge in [0.25, 0.3) is 5.89 Å². The molecule has 1 aromatic heterocycles. The molecule has 4 rings (SSSR count). The molecule has 0 aliphatic carbocycles. The van der Waals surface area contributed by atoms with Crippen LogP contribution in [-0.4, -0.2) is 29.2 Å². The highest BCUT2D eigenvalue weighted by molar-refractivity contribution is 6.31. The average molecular weight is 426 g/mol. The molecule has 1 atom stereocenters. The van der Waals surface area contributed by atoms with Crippen LogP contribution in [0.25, 0.3) is 11.5 Å². The van der Waals surface area contributed by atoms with Gasteiger partial charge in [0.2, 0.25) is 5.91 Å². The van der Waals surface area contributed by atoms with E-state index in [-0.39, 0.29) is 11.8 Å². The van der Waals surface area contributed by atoms with E-state index in [1.165, 1.54) is 0 Å². The molecule has 2 aromatic carbocycles. The SMILES string of the molecule is CCCCOc1ccc(-c2nc(C3CC(=O)N(c4ccc(C)c(Cl)c4)C3)no2)cc1. The van der Waals surface area contributed by atoms with Crippen LogP contribution < -0.4 is 9.64 Å². The number of carbonyl (C=O) groups is 1. The van der Waals surface area contributed by atoms with Crippen molar-refractivity contribution in [3.05, 3.63) is 58.9 Å². The molecule has 1 fully saturated rings. The monoisotopic (exact) mass is 425 g/mol. The molecule has 1 amide bonds. The number of ether oxygens (including phenoxy) is 1. The molecule has 30 heavy (non-hydrogen) atoms. The predicted octanol–water partition coefficient (Wildman–Crippen LogP) is 5.40. The highest BCUT2D eigenvalue weighted by atomic mass is 35.5. The lowest BCUT2D eigenvalue weighted by molar-refractivity contribution is -0.117. The molecule has 2 heterocycles. The zero-order chi connectivity index (χ0) is 21.1. The number of nitrogens with zero attached hydrogens (tertiary/aromatic N) is 3. The molecular formula is C23H24ClN3O3. The number of aryl methyl sites for hydroxylation is 1. The second-order valence-corrected chi connectivity index (χ2v) is 7.93. The summed E-state index contributed by atoms with van der Waals surface area (Å²) in [5.74, 6) is 1.71. The summed E-state index contributed by atoms with van der Waals surface area (Å²) in [4.78, 5) is 18.8. The van der Waals surface area contributed by atoms with Crippen LogP contribution in [0.2, 0.25) is 5.02 Å². The molecule has 0 N–H and O–H groups in total. The van der Waals surface area contributed by atoms with Crippen LogP contribution in [0, 0.1) is 6.92 Å². The normalized spacial score (nSPS) is 16.3. The molecule has 1 aliphatic heterocycles. The molecule has 0 saturated carbocycles. The molecule has 6 nitrogen and oxygen atoms in total. The van der Waals surface area contributed by atoms with E-state index in [1.807, 2.05) is 49.4 Å². The van der Waals surface area contributed by atoms with Gasteiger partial charge in [-0.25, -0.2) is 0 Å². The first-order chi connectivity index (χ1) is 14.5. The molecule has 0 spiro atoms. The number of amides is 1. The van der Waals surface area contributed by atoms with Crippen LogP contribution in [0.3, 0.4) is 0 Å². The first-order valence-electron chi connectivity index (χ1n) is 10.2. The molecule has 1 unspecified atom stereocenters. The topological polar surface area (TPSA) is 68.5 Å². The van der Waals surface area contributed by atoms with E-state index in [2.05, 4.69) is 17.1 Å². The lowest BCUT2D eigenvalue weighted by Gasteiger charge is -2.17. The maximum atomic E-state index is 12.6. The average Bonchev–Trinajstić information content (AvgIpc) is 3.38. The van der Waals surface area contributed by atoms with Crippen molar-refractivity contribution in [2.75, 3.05) is 18.1 Å². The molecular weight excluding hydrogens is 402 g/mol. The number of hydrogen-bond acceptors (Lipinski definition) is 5. The molecule has 1 aliphatic rings. The summed E-state index contributed by atoms with van der Waals surface area (Å²) < 4.78 is 11.1. The summed E-state index contributed by atoms with van der Waals surface area (Å²) in [6.07, 6.45) is 2.47. The summed E-state index contributed by atoms with van der Waals surface area (Å²) in [6, 6.07) is 13.3. The number of unbranched alkanes of at least 4 members (excludes halogenated alkanes) is 1. The largest absolute Gasteiger partial charge is 0.494 e. The fourth-order valence-electron chi connectivity index (χ4n) is 3.43. The van der Waals surface area contributed by atoms with Gasteiger partial charge in [0.1, 0.15) is 5.75 Å². The Kier molecular flexibility index (Phi) is 6.04. The maximum absolute atomic E-state index is 12.6. The third kappa shape index (κ3) is 4.33. The van der Waals surface area contributed by atoms with Crippen molar-refractivity contribution >= 4 is 23.2 Å². The number of carbonyl (C=O) groups excluding carboxylic acids is 1. The number of rotatable bonds is 7. The first-order valence-corrected chi connectivity index (χ1v) is 10.6. The molecule has 156 valence electrons. The number of benzene rings is 2. The zero-order valence-electron chi connectivity index (χ0n) is 17.1. The van der Waals surface area contributed by atoms with Gasteiger partial charge >= 0.3 is 0 Å². The lowest BCUT2D eigenvalue weighted by Crippen LogP contribution is -2.24. The van der Waals surface area contributed by atoms with E-state index in [0.29, 0.717) is 36.3 Å². The van der Waals surface area contributed by atoms with Gasteiger partial charge in [-0.3, -0.25) is 4.79 Å².